The van der Waals surface area contributed by atoms with Crippen LogP contribution in [0.25, 0.3) is 5.57 Å². The predicted molar refractivity (Wildman–Crippen MR) is 109 cm³/mol. The number of allylic oxidation sites excluding steroid dienone is 1. The van der Waals surface area contributed by atoms with E-state index >= 15 is 0 Å². The summed E-state index contributed by atoms with van der Waals surface area (Å²) >= 11 is 0. The van der Waals surface area contributed by atoms with E-state index in [1.54, 1.807) is 4.90 Å². The first-order valence-electron chi connectivity index (χ1n) is 10.2. The zero-order chi connectivity index (χ0) is 20.2. The van der Waals surface area contributed by atoms with Crippen LogP contribution in [0.5, 0.6) is 0 Å². The second kappa shape index (κ2) is 6.57. The van der Waals surface area contributed by atoms with Gasteiger partial charge in [0.1, 0.15) is 6.54 Å². The number of fused-ring (bicyclic) bond motifs is 2. The topological polar surface area (TPSA) is 57.7 Å². The van der Waals surface area contributed by atoms with Crippen LogP contribution in [0.1, 0.15) is 57.6 Å². The Labute approximate surface area is 166 Å². The van der Waals surface area contributed by atoms with Crippen molar-refractivity contribution >= 4 is 29.0 Å². The van der Waals surface area contributed by atoms with Crippen molar-refractivity contribution < 1.29 is 14.4 Å². The Balaban J connectivity index is 1.65. The second-order valence-corrected chi connectivity index (χ2v) is 8.99. The lowest BCUT2D eigenvalue weighted by Gasteiger charge is -2.42. The minimum Gasteiger partial charge on any atom is -0.301 e. The standard InChI is InChI=1S/C23H28N2O3/c1-14-9-10-16-15(2)12-23(3,4)25(19(16)11-14)20(26)13-24-21(27)17-7-5-6-8-18(17)22(24)28/h9-12,17-18H,5-8,13H2,1-4H3/t17-,18-/m1/s1. The van der Waals surface area contributed by atoms with E-state index in [-0.39, 0.29) is 36.1 Å². The first-order valence-corrected chi connectivity index (χ1v) is 10.2. The van der Waals surface area contributed by atoms with E-state index in [1.165, 1.54) is 4.90 Å². The summed E-state index contributed by atoms with van der Waals surface area (Å²) in [6, 6.07) is 6.08. The van der Waals surface area contributed by atoms with Gasteiger partial charge in [-0.1, -0.05) is 31.1 Å². The van der Waals surface area contributed by atoms with Gasteiger partial charge in [-0.3, -0.25) is 19.3 Å². The number of amides is 3. The fourth-order valence-corrected chi connectivity index (χ4v) is 5.19. The van der Waals surface area contributed by atoms with Crippen molar-refractivity contribution in [3.05, 3.63) is 35.4 Å². The van der Waals surface area contributed by atoms with Crippen LogP contribution in [0.15, 0.2) is 24.3 Å². The summed E-state index contributed by atoms with van der Waals surface area (Å²) in [6.45, 7) is 7.87. The Kier molecular flexibility index (Phi) is 4.44. The maximum absolute atomic E-state index is 13.4. The number of rotatable bonds is 2. The molecule has 28 heavy (non-hydrogen) atoms. The van der Waals surface area contributed by atoms with Crippen molar-refractivity contribution in [2.75, 3.05) is 11.4 Å². The third-order valence-corrected chi connectivity index (χ3v) is 6.44. The van der Waals surface area contributed by atoms with Gasteiger partial charge in [-0.15, -0.1) is 0 Å². The fraction of sp³-hybridized carbons (Fsp3) is 0.522. The highest BCUT2D eigenvalue weighted by molar-refractivity contribution is 6.10. The molecule has 4 rings (SSSR count). The van der Waals surface area contributed by atoms with E-state index in [0.29, 0.717) is 0 Å². The molecule has 1 aromatic carbocycles. The molecule has 1 aromatic rings. The molecule has 148 valence electrons. The quantitative estimate of drug-likeness (QED) is 0.735. The van der Waals surface area contributed by atoms with Gasteiger partial charge in [0.2, 0.25) is 17.7 Å². The first-order chi connectivity index (χ1) is 13.2. The molecule has 0 aromatic heterocycles. The third kappa shape index (κ3) is 2.88. The Morgan fingerprint density at radius 2 is 1.68 bits per heavy atom. The van der Waals surface area contributed by atoms with Crippen molar-refractivity contribution in [1.82, 2.24) is 4.90 Å². The molecule has 3 amide bonds. The second-order valence-electron chi connectivity index (χ2n) is 8.99. The van der Waals surface area contributed by atoms with Crippen LogP contribution in [0.4, 0.5) is 5.69 Å². The molecule has 1 saturated heterocycles. The molecule has 2 fully saturated rings. The number of likely N-dealkylation sites (tertiary alicyclic amines) is 1. The predicted octanol–water partition coefficient (Wildman–Crippen LogP) is 3.70. The van der Waals surface area contributed by atoms with Gasteiger partial charge in [-0.2, -0.15) is 0 Å². The van der Waals surface area contributed by atoms with Crippen LogP contribution < -0.4 is 4.90 Å². The van der Waals surface area contributed by atoms with Crippen LogP contribution in [-0.2, 0) is 14.4 Å². The fourth-order valence-electron chi connectivity index (χ4n) is 5.19. The molecule has 5 heteroatoms. The summed E-state index contributed by atoms with van der Waals surface area (Å²) in [6.07, 6.45) is 5.57. The van der Waals surface area contributed by atoms with Crippen LogP contribution in [0.2, 0.25) is 0 Å². The van der Waals surface area contributed by atoms with E-state index in [0.717, 1.165) is 48.1 Å². The van der Waals surface area contributed by atoms with E-state index in [4.69, 9.17) is 0 Å². The van der Waals surface area contributed by atoms with Crippen LogP contribution in [-0.4, -0.2) is 34.7 Å². The van der Waals surface area contributed by atoms with Gasteiger partial charge in [-0.25, -0.2) is 0 Å². The molecule has 0 bridgehead atoms. The zero-order valence-corrected chi connectivity index (χ0v) is 17.1. The number of hydrogen-bond acceptors (Lipinski definition) is 3. The molecule has 1 saturated carbocycles. The van der Waals surface area contributed by atoms with E-state index in [1.807, 2.05) is 39.0 Å². The number of imide groups is 1. The number of benzene rings is 1. The lowest BCUT2D eigenvalue weighted by atomic mass is 9.81. The summed E-state index contributed by atoms with van der Waals surface area (Å²) < 4.78 is 0. The molecule has 3 aliphatic rings. The summed E-state index contributed by atoms with van der Waals surface area (Å²) in [7, 11) is 0. The number of anilines is 1. The van der Waals surface area contributed by atoms with Gasteiger partial charge >= 0.3 is 0 Å². The summed E-state index contributed by atoms with van der Waals surface area (Å²) in [5.41, 5.74) is 3.54. The van der Waals surface area contributed by atoms with Crippen molar-refractivity contribution in [3.63, 3.8) is 0 Å². The Hall–Kier alpha value is -2.43. The molecule has 5 nitrogen and oxygen atoms in total. The Bertz CT molecular complexity index is 875. The lowest BCUT2D eigenvalue weighted by Crippen LogP contribution is -2.53. The molecule has 0 radical (unpaired) electrons. The molecule has 2 heterocycles. The average Bonchev–Trinajstić information content (AvgIpc) is 2.86. The van der Waals surface area contributed by atoms with Gasteiger partial charge in [0.05, 0.1) is 23.1 Å². The molecule has 2 aliphatic heterocycles. The van der Waals surface area contributed by atoms with Crippen molar-refractivity contribution in [1.29, 1.82) is 0 Å². The van der Waals surface area contributed by atoms with E-state index in [9.17, 15) is 14.4 Å². The first kappa shape index (κ1) is 18.9. The van der Waals surface area contributed by atoms with Crippen LogP contribution in [0.3, 0.4) is 0 Å². The molecule has 0 N–H and O–H groups in total. The zero-order valence-electron chi connectivity index (χ0n) is 17.1. The van der Waals surface area contributed by atoms with Crippen molar-refractivity contribution in [2.45, 2.75) is 58.9 Å². The molecular weight excluding hydrogens is 352 g/mol. The summed E-state index contributed by atoms with van der Waals surface area (Å²) in [4.78, 5) is 42.0. The number of carbonyl (C=O) groups is 3. The number of nitrogens with zero attached hydrogens (tertiary/aromatic N) is 2. The third-order valence-electron chi connectivity index (χ3n) is 6.44. The van der Waals surface area contributed by atoms with Crippen LogP contribution >= 0.6 is 0 Å². The number of aryl methyl sites for hydroxylation is 1. The van der Waals surface area contributed by atoms with Crippen molar-refractivity contribution in [2.24, 2.45) is 11.8 Å². The average molecular weight is 380 g/mol. The largest absolute Gasteiger partial charge is 0.301 e. The Morgan fingerprint density at radius 1 is 1.07 bits per heavy atom. The van der Waals surface area contributed by atoms with Gasteiger partial charge in [-0.05, 0) is 57.7 Å². The maximum Gasteiger partial charge on any atom is 0.247 e. The smallest absolute Gasteiger partial charge is 0.247 e. The monoisotopic (exact) mass is 380 g/mol. The highest BCUT2D eigenvalue weighted by Crippen LogP contribution is 2.41. The molecular formula is C23H28N2O3. The summed E-state index contributed by atoms with van der Waals surface area (Å²) in [5.74, 6) is -0.968. The minimum absolute atomic E-state index is 0.158. The normalized spacial score (nSPS) is 26.1. The van der Waals surface area contributed by atoms with Gasteiger partial charge in [0.15, 0.2) is 0 Å². The van der Waals surface area contributed by atoms with Gasteiger partial charge in [0, 0.05) is 5.56 Å². The highest BCUT2D eigenvalue weighted by atomic mass is 16.2. The van der Waals surface area contributed by atoms with E-state index in [2.05, 4.69) is 13.0 Å². The van der Waals surface area contributed by atoms with E-state index < -0.39 is 5.54 Å². The summed E-state index contributed by atoms with van der Waals surface area (Å²) in [5, 5.41) is 0. The van der Waals surface area contributed by atoms with Crippen LogP contribution in [0, 0.1) is 18.8 Å². The number of hydrogen-bond donors (Lipinski definition) is 0. The maximum atomic E-state index is 13.4. The molecule has 1 aliphatic carbocycles. The minimum atomic E-state index is -0.527. The van der Waals surface area contributed by atoms with Gasteiger partial charge in [0.25, 0.3) is 0 Å². The Morgan fingerprint density at radius 3 is 2.29 bits per heavy atom. The van der Waals surface area contributed by atoms with Crippen molar-refractivity contribution in [3.8, 4) is 0 Å². The SMILES string of the molecule is CC1=CC(C)(C)N(C(=O)CN2C(=O)[C@@H]3CCCC[C@H]3C2=O)c2cc(C)ccc21. The molecule has 0 spiro atoms. The van der Waals surface area contributed by atoms with Gasteiger partial charge < -0.3 is 4.90 Å². The highest BCUT2D eigenvalue weighted by Gasteiger charge is 2.49. The molecule has 2 atom stereocenters. The molecule has 0 unspecified atom stereocenters. The lowest BCUT2D eigenvalue weighted by molar-refractivity contribution is -0.143. The number of carbonyl (C=O) groups excluding carboxylic acids is 3.